The summed E-state index contributed by atoms with van der Waals surface area (Å²) < 4.78 is 3.60. The molecule has 2 aliphatic heterocycles. The topological polar surface area (TPSA) is 46.5 Å². The van der Waals surface area contributed by atoms with E-state index in [-0.39, 0.29) is 0 Å². The smallest absolute Gasteiger partial charge is 0.0835 e. The van der Waals surface area contributed by atoms with Crippen LogP contribution in [0.25, 0.3) is 45.4 Å². The number of fused-ring (bicyclic) bond motifs is 8. The monoisotopic (exact) mass is 612 g/mol. The van der Waals surface area contributed by atoms with E-state index in [1.807, 2.05) is 0 Å². The van der Waals surface area contributed by atoms with Gasteiger partial charge in [-0.2, -0.15) is 0 Å². The molecule has 0 spiro atoms. The van der Waals surface area contributed by atoms with Crippen LogP contribution in [-0.4, -0.2) is 19.5 Å². The van der Waals surface area contributed by atoms with E-state index in [4.69, 9.17) is 9.97 Å². The molecular formula is C36H45BrN4. The summed E-state index contributed by atoms with van der Waals surface area (Å²) in [6, 6.07) is 4.53. The number of aromatic nitrogens is 4. The first kappa shape index (κ1) is 29.6. The summed E-state index contributed by atoms with van der Waals surface area (Å²) in [5.74, 6) is 0. The Balaban J connectivity index is 2.13. The van der Waals surface area contributed by atoms with Gasteiger partial charge in [0, 0.05) is 28.7 Å². The van der Waals surface area contributed by atoms with E-state index in [2.05, 4.69) is 105 Å². The predicted molar refractivity (Wildman–Crippen MR) is 181 cm³/mol. The standard InChI is InChI=1S/C36H45BrN4/c1-9-23-25(11-3)33-29(15-7)34-26(12-4)27(13-5)35(40-34)32(37)36-28(14-6)24(10-2)31(41(36)16-8)20-22-18-17-21(38-22)19-30(23)39-33/h17-20,39H,9-16H2,1-8H3. The number of aryl methyl sites for hydroxylation is 6. The minimum absolute atomic E-state index is 0.883. The number of nitrogens with one attached hydrogen (secondary N) is 1. The Hall–Kier alpha value is -2.92. The van der Waals surface area contributed by atoms with Crippen LogP contribution in [0.5, 0.6) is 0 Å². The van der Waals surface area contributed by atoms with Crippen LogP contribution < -0.4 is 0 Å². The molecule has 1 N–H and O–H groups in total. The molecule has 2 aliphatic rings. The average molecular weight is 614 g/mol. The average Bonchev–Trinajstić information content (AvgIpc) is 3.74. The van der Waals surface area contributed by atoms with E-state index in [1.165, 1.54) is 66.7 Å². The van der Waals surface area contributed by atoms with Gasteiger partial charge in [0.1, 0.15) is 0 Å². The van der Waals surface area contributed by atoms with Crippen molar-refractivity contribution in [3.05, 3.63) is 67.2 Å². The largest absolute Gasteiger partial charge is 0.355 e. The summed E-state index contributed by atoms with van der Waals surface area (Å²) >= 11 is 4.17. The highest BCUT2D eigenvalue weighted by Gasteiger charge is 2.26. The van der Waals surface area contributed by atoms with Crippen LogP contribution in [0.15, 0.2) is 16.6 Å². The Labute approximate surface area is 254 Å². The van der Waals surface area contributed by atoms with E-state index in [0.29, 0.717) is 0 Å². The van der Waals surface area contributed by atoms with Crippen LogP contribution >= 0.6 is 15.9 Å². The van der Waals surface area contributed by atoms with Crippen LogP contribution in [0, 0.1) is 0 Å². The highest BCUT2D eigenvalue weighted by molar-refractivity contribution is 9.10. The molecular weight excluding hydrogens is 568 g/mol. The third-order valence-electron chi connectivity index (χ3n) is 8.98. The molecule has 5 rings (SSSR count). The first-order chi connectivity index (χ1) is 19.9. The van der Waals surface area contributed by atoms with Gasteiger partial charge in [-0.05, 0) is 125 Å². The molecule has 0 unspecified atom stereocenters. The molecule has 0 atom stereocenters. The lowest BCUT2D eigenvalue weighted by Crippen LogP contribution is -1.96. The molecule has 4 nitrogen and oxygen atoms in total. The van der Waals surface area contributed by atoms with Gasteiger partial charge in [0.25, 0.3) is 0 Å². The van der Waals surface area contributed by atoms with Gasteiger partial charge in [0.2, 0.25) is 0 Å². The minimum Gasteiger partial charge on any atom is -0.355 e. The van der Waals surface area contributed by atoms with Gasteiger partial charge in [0.15, 0.2) is 0 Å². The molecule has 216 valence electrons. The van der Waals surface area contributed by atoms with E-state index in [9.17, 15) is 0 Å². The van der Waals surface area contributed by atoms with Gasteiger partial charge < -0.3 is 9.55 Å². The van der Waals surface area contributed by atoms with Crippen LogP contribution in [0.1, 0.15) is 119 Å². The molecule has 0 amide bonds. The second-order valence-corrected chi connectivity index (χ2v) is 11.7. The number of hydrogen-bond acceptors (Lipinski definition) is 2. The fourth-order valence-corrected chi connectivity index (χ4v) is 7.96. The van der Waals surface area contributed by atoms with Crippen molar-refractivity contribution >= 4 is 61.3 Å². The van der Waals surface area contributed by atoms with Gasteiger partial charge in [-0.3, -0.25) is 0 Å². The number of hydrogen-bond donors (Lipinski definition) is 1. The van der Waals surface area contributed by atoms with E-state index >= 15 is 0 Å². The third-order valence-corrected chi connectivity index (χ3v) is 9.74. The minimum atomic E-state index is 0.883. The zero-order chi connectivity index (χ0) is 29.4. The number of nitrogens with zero attached hydrogens (tertiary/aromatic N) is 3. The lowest BCUT2D eigenvalue weighted by molar-refractivity contribution is 0.819. The Morgan fingerprint density at radius 3 is 1.78 bits per heavy atom. The molecule has 5 heterocycles. The van der Waals surface area contributed by atoms with Crippen LogP contribution in [0.3, 0.4) is 0 Å². The summed E-state index contributed by atoms with van der Waals surface area (Å²) in [6.45, 7) is 19.1. The number of aromatic amines is 1. The van der Waals surface area contributed by atoms with Crippen LogP contribution in [0.2, 0.25) is 0 Å². The number of rotatable bonds is 8. The molecule has 0 aromatic carbocycles. The summed E-state index contributed by atoms with van der Waals surface area (Å²) in [5.41, 5.74) is 19.0. The van der Waals surface area contributed by atoms with E-state index in [1.54, 1.807) is 0 Å². The number of allylic oxidation sites excluding steroid dienone is 2. The second kappa shape index (κ2) is 12.1. The molecule has 0 saturated carbocycles. The van der Waals surface area contributed by atoms with Gasteiger partial charge >= 0.3 is 0 Å². The van der Waals surface area contributed by atoms with Crippen molar-refractivity contribution in [2.45, 2.75) is 107 Å². The van der Waals surface area contributed by atoms with E-state index in [0.717, 1.165) is 73.0 Å². The van der Waals surface area contributed by atoms with E-state index < -0.39 is 0 Å². The van der Waals surface area contributed by atoms with Crippen molar-refractivity contribution in [3.8, 4) is 0 Å². The molecule has 0 fully saturated rings. The van der Waals surface area contributed by atoms with Gasteiger partial charge in [0.05, 0.1) is 32.8 Å². The summed E-state index contributed by atoms with van der Waals surface area (Å²) in [6.07, 6.45) is 11.1. The van der Waals surface area contributed by atoms with Gasteiger partial charge in [-0.25, -0.2) is 9.97 Å². The highest BCUT2D eigenvalue weighted by atomic mass is 79.9. The van der Waals surface area contributed by atoms with Crippen molar-refractivity contribution in [1.82, 2.24) is 19.5 Å². The Bertz CT molecular complexity index is 1730. The fourth-order valence-electron chi connectivity index (χ4n) is 7.18. The Kier molecular flexibility index (Phi) is 8.75. The first-order valence-corrected chi connectivity index (χ1v) is 16.6. The Morgan fingerprint density at radius 2 is 1.22 bits per heavy atom. The normalized spacial score (nSPS) is 13.1. The molecule has 0 saturated heterocycles. The zero-order valence-electron chi connectivity index (χ0n) is 26.2. The van der Waals surface area contributed by atoms with Crippen molar-refractivity contribution in [3.63, 3.8) is 0 Å². The maximum absolute atomic E-state index is 5.54. The maximum Gasteiger partial charge on any atom is 0.0835 e. The SMILES string of the molecule is CCC1=C(CC)c2nc1c(CC)c1[nH]c(cc3nc(cc4c(CC)c(CC)c(c2Br)n4CC)C=C3)c(CC)c1CC. The van der Waals surface area contributed by atoms with Crippen molar-refractivity contribution in [2.75, 3.05) is 0 Å². The summed E-state index contributed by atoms with van der Waals surface area (Å²) in [7, 11) is 0. The number of halogens is 1. The van der Waals surface area contributed by atoms with Crippen molar-refractivity contribution < 1.29 is 0 Å². The summed E-state index contributed by atoms with van der Waals surface area (Å²) in [5, 5.41) is 0. The van der Waals surface area contributed by atoms with Crippen LogP contribution in [0.4, 0.5) is 0 Å². The molecule has 0 aliphatic carbocycles. The summed E-state index contributed by atoms with van der Waals surface area (Å²) in [4.78, 5) is 14.5. The van der Waals surface area contributed by atoms with Gasteiger partial charge in [-0.15, -0.1) is 0 Å². The maximum atomic E-state index is 5.54. The molecule has 0 radical (unpaired) electrons. The quantitative estimate of drug-likeness (QED) is 0.215. The van der Waals surface area contributed by atoms with Crippen molar-refractivity contribution in [1.29, 1.82) is 0 Å². The lowest BCUT2D eigenvalue weighted by atomic mass is 9.95. The molecule has 41 heavy (non-hydrogen) atoms. The molecule has 3 aromatic rings. The fraction of sp³-hybridized carbons (Fsp3) is 0.444. The first-order valence-electron chi connectivity index (χ1n) is 15.8. The molecule has 3 aromatic heterocycles. The Morgan fingerprint density at radius 1 is 0.634 bits per heavy atom. The van der Waals surface area contributed by atoms with Crippen LogP contribution in [-0.2, 0) is 38.6 Å². The second-order valence-electron chi connectivity index (χ2n) is 10.9. The molecule has 5 heteroatoms. The van der Waals surface area contributed by atoms with Gasteiger partial charge in [-0.1, -0.05) is 48.5 Å². The molecule has 8 bridgehead atoms. The van der Waals surface area contributed by atoms with Crippen molar-refractivity contribution in [2.24, 2.45) is 0 Å². The third kappa shape index (κ3) is 4.74. The predicted octanol–water partition coefficient (Wildman–Crippen LogP) is 10.3. The zero-order valence-corrected chi connectivity index (χ0v) is 27.8. The highest BCUT2D eigenvalue weighted by Crippen LogP contribution is 2.43. The number of H-pyrrole nitrogens is 1. The lowest BCUT2D eigenvalue weighted by Gasteiger charge is -2.09.